The summed E-state index contributed by atoms with van der Waals surface area (Å²) in [6.07, 6.45) is 1.10. The maximum Gasteiger partial charge on any atom is 0.146 e. The maximum atomic E-state index is 14.2. The standard InChI is InChI=1S/C16H25FN2/c1-4-7-18-9-14-5-6-16(15(17)8-14)19-10-12(2)13(3)11-19/h5-6,8,12-13,18H,4,7,9-11H2,1-3H3. The minimum atomic E-state index is -0.0860. The van der Waals surface area contributed by atoms with Crippen molar-refractivity contribution in [2.24, 2.45) is 11.8 Å². The van der Waals surface area contributed by atoms with Gasteiger partial charge in [0.15, 0.2) is 0 Å². The average molecular weight is 264 g/mol. The van der Waals surface area contributed by atoms with Gasteiger partial charge < -0.3 is 10.2 Å². The van der Waals surface area contributed by atoms with Crippen LogP contribution in [0, 0.1) is 17.7 Å². The van der Waals surface area contributed by atoms with Crippen LogP contribution < -0.4 is 10.2 Å². The van der Waals surface area contributed by atoms with E-state index in [1.165, 1.54) is 0 Å². The van der Waals surface area contributed by atoms with Gasteiger partial charge in [-0.3, -0.25) is 0 Å². The van der Waals surface area contributed by atoms with Gasteiger partial charge in [0.05, 0.1) is 5.69 Å². The van der Waals surface area contributed by atoms with E-state index < -0.39 is 0 Å². The zero-order chi connectivity index (χ0) is 13.8. The van der Waals surface area contributed by atoms with E-state index in [2.05, 4.69) is 31.0 Å². The van der Waals surface area contributed by atoms with E-state index in [1.807, 2.05) is 12.1 Å². The van der Waals surface area contributed by atoms with Gasteiger partial charge in [-0.25, -0.2) is 4.39 Å². The Hall–Kier alpha value is -1.09. The molecule has 19 heavy (non-hydrogen) atoms. The molecule has 0 radical (unpaired) electrons. The van der Waals surface area contributed by atoms with Gasteiger partial charge in [0.25, 0.3) is 0 Å². The summed E-state index contributed by atoms with van der Waals surface area (Å²) in [5, 5.41) is 3.30. The molecule has 1 N–H and O–H groups in total. The number of anilines is 1. The van der Waals surface area contributed by atoms with E-state index in [9.17, 15) is 4.39 Å². The van der Waals surface area contributed by atoms with Crippen LogP contribution in [-0.4, -0.2) is 19.6 Å². The molecule has 1 aromatic rings. The highest BCUT2D eigenvalue weighted by Gasteiger charge is 2.27. The number of rotatable bonds is 5. The number of hydrogen-bond donors (Lipinski definition) is 1. The predicted molar refractivity (Wildman–Crippen MR) is 78.9 cm³/mol. The molecule has 1 aromatic carbocycles. The lowest BCUT2D eigenvalue weighted by Gasteiger charge is -2.19. The Balaban J connectivity index is 2.03. The summed E-state index contributed by atoms with van der Waals surface area (Å²) in [5.41, 5.74) is 1.78. The molecular formula is C16H25FN2. The first-order valence-corrected chi connectivity index (χ1v) is 7.36. The fraction of sp³-hybridized carbons (Fsp3) is 0.625. The number of hydrogen-bond acceptors (Lipinski definition) is 2. The van der Waals surface area contributed by atoms with Gasteiger partial charge >= 0.3 is 0 Å². The molecule has 0 bridgehead atoms. The number of nitrogens with zero attached hydrogens (tertiary/aromatic N) is 1. The van der Waals surface area contributed by atoms with Crippen LogP contribution in [0.3, 0.4) is 0 Å². The van der Waals surface area contributed by atoms with Crippen LogP contribution in [0.5, 0.6) is 0 Å². The van der Waals surface area contributed by atoms with Crippen LogP contribution >= 0.6 is 0 Å². The first-order chi connectivity index (χ1) is 9.11. The molecule has 106 valence electrons. The van der Waals surface area contributed by atoms with Crippen LogP contribution in [0.25, 0.3) is 0 Å². The molecule has 1 aliphatic heterocycles. The minimum Gasteiger partial charge on any atom is -0.369 e. The highest BCUT2D eigenvalue weighted by molar-refractivity contribution is 5.50. The Labute approximate surface area is 116 Å². The largest absolute Gasteiger partial charge is 0.369 e. The molecule has 2 atom stereocenters. The first-order valence-electron chi connectivity index (χ1n) is 7.36. The highest BCUT2D eigenvalue weighted by Crippen LogP contribution is 2.29. The van der Waals surface area contributed by atoms with Crippen molar-refractivity contribution in [1.82, 2.24) is 5.32 Å². The Kier molecular flexibility index (Phi) is 4.81. The van der Waals surface area contributed by atoms with Crippen molar-refractivity contribution >= 4 is 5.69 Å². The van der Waals surface area contributed by atoms with E-state index in [4.69, 9.17) is 0 Å². The van der Waals surface area contributed by atoms with Gasteiger partial charge in [-0.15, -0.1) is 0 Å². The van der Waals surface area contributed by atoms with Crippen LogP contribution in [0.1, 0.15) is 32.8 Å². The SMILES string of the molecule is CCCNCc1ccc(N2CC(C)C(C)C2)c(F)c1. The molecule has 0 aliphatic carbocycles. The molecule has 3 heteroatoms. The van der Waals surface area contributed by atoms with Gasteiger partial charge in [-0.2, -0.15) is 0 Å². The number of nitrogens with one attached hydrogen (secondary N) is 1. The summed E-state index contributed by atoms with van der Waals surface area (Å²) in [5.74, 6) is 1.20. The van der Waals surface area contributed by atoms with Crippen molar-refractivity contribution < 1.29 is 4.39 Å². The summed E-state index contributed by atoms with van der Waals surface area (Å²) >= 11 is 0. The van der Waals surface area contributed by atoms with Gasteiger partial charge in [-0.1, -0.05) is 26.8 Å². The van der Waals surface area contributed by atoms with Crippen molar-refractivity contribution in [3.63, 3.8) is 0 Å². The number of benzene rings is 1. The molecular weight excluding hydrogens is 239 g/mol. The summed E-state index contributed by atoms with van der Waals surface area (Å²) < 4.78 is 14.2. The van der Waals surface area contributed by atoms with Gasteiger partial charge in [0.2, 0.25) is 0 Å². The topological polar surface area (TPSA) is 15.3 Å². The Morgan fingerprint density at radius 3 is 2.53 bits per heavy atom. The summed E-state index contributed by atoms with van der Waals surface area (Å²) in [7, 11) is 0. The molecule has 2 rings (SSSR count). The third-order valence-corrected chi connectivity index (χ3v) is 4.10. The molecule has 2 nitrogen and oxygen atoms in total. The summed E-state index contributed by atoms with van der Waals surface area (Å²) in [6, 6.07) is 5.64. The molecule has 1 aliphatic rings. The highest BCUT2D eigenvalue weighted by atomic mass is 19.1. The summed E-state index contributed by atoms with van der Waals surface area (Å²) in [6.45, 7) is 10.3. The molecule has 1 fully saturated rings. The van der Waals surface area contributed by atoms with E-state index in [1.54, 1.807) is 6.07 Å². The molecule has 0 amide bonds. The lowest BCUT2D eigenvalue weighted by Crippen LogP contribution is -2.21. The molecule has 1 heterocycles. The Morgan fingerprint density at radius 2 is 1.95 bits per heavy atom. The second-order valence-corrected chi connectivity index (χ2v) is 5.82. The van der Waals surface area contributed by atoms with E-state index in [-0.39, 0.29) is 5.82 Å². The number of halogens is 1. The van der Waals surface area contributed by atoms with Crippen LogP contribution in [0.4, 0.5) is 10.1 Å². The van der Waals surface area contributed by atoms with Crippen molar-refractivity contribution in [3.8, 4) is 0 Å². The van der Waals surface area contributed by atoms with Crippen LogP contribution in [-0.2, 0) is 6.54 Å². The quantitative estimate of drug-likeness (QED) is 0.820. The smallest absolute Gasteiger partial charge is 0.146 e. The molecule has 2 unspecified atom stereocenters. The maximum absolute atomic E-state index is 14.2. The van der Waals surface area contributed by atoms with Gasteiger partial charge in [-0.05, 0) is 42.5 Å². The minimum absolute atomic E-state index is 0.0860. The van der Waals surface area contributed by atoms with Crippen LogP contribution in [0.15, 0.2) is 18.2 Å². The fourth-order valence-corrected chi connectivity index (χ4v) is 2.65. The second-order valence-electron chi connectivity index (χ2n) is 5.82. The first kappa shape index (κ1) is 14.3. The average Bonchev–Trinajstić information content (AvgIpc) is 2.70. The van der Waals surface area contributed by atoms with Crippen molar-refractivity contribution in [3.05, 3.63) is 29.6 Å². The molecule has 0 spiro atoms. The zero-order valence-corrected chi connectivity index (χ0v) is 12.2. The Morgan fingerprint density at radius 1 is 1.26 bits per heavy atom. The van der Waals surface area contributed by atoms with Crippen molar-refractivity contribution in [2.75, 3.05) is 24.5 Å². The third kappa shape index (κ3) is 3.47. The summed E-state index contributed by atoms with van der Waals surface area (Å²) in [4.78, 5) is 2.17. The van der Waals surface area contributed by atoms with E-state index >= 15 is 0 Å². The Bertz CT molecular complexity index is 409. The van der Waals surface area contributed by atoms with E-state index in [0.717, 1.165) is 43.9 Å². The fourth-order valence-electron chi connectivity index (χ4n) is 2.65. The predicted octanol–water partition coefficient (Wildman–Crippen LogP) is 3.42. The van der Waals surface area contributed by atoms with Crippen molar-refractivity contribution in [2.45, 2.75) is 33.7 Å². The molecule has 0 aromatic heterocycles. The second kappa shape index (κ2) is 6.38. The monoisotopic (exact) mass is 264 g/mol. The molecule has 0 saturated carbocycles. The lowest BCUT2D eigenvalue weighted by atomic mass is 10.0. The normalized spacial score (nSPS) is 23.1. The molecule has 1 saturated heterocycles. The van der Waals surface area contributed by atoms with Gasteiger partial charge in [0, 0.05) is 19.6 Å². The lowest BCUT2D eigenvalue weighted by molar-refractivity contribution is 0.494. The van der Waals surface area contributed by atoms with Gasteiger partial charge in [0.1, 0.15) is 5.82 Å². The third-order valence-electron chi connectivity index (χ3n) is 4.10. The van der Waals surface area contributed by atoms with Crippen LogP contribution in [0.2, 0.25) is 0 Å². The zero-order valence-electron chi connectivity index (χ0n) is 12.2. The van der Waals surface area contributed by atoms with Crippen molar-refractivity contribution in [1.29, 1.82) is 0 Å². The van der Waals surface area contributed by atoms with E-state index in [0.29, 0.717) is 11.8 Å².